The van der Waals surface area contributed by atoms with Crippen LogP contribution in [-0.2, 0) is 15.9 Å². The van der Waals surface area contributed by atoms with E-state index >= 15 is 0 Å². The fraction of sp³-hybridized carbons (Fsp3) is 0.261. The first kappa shape index (κ1) is 25.9. The van der Waals surface area contributed by atoms with Crippen molar-refractivity contribution >= 4 is 21.3 Å². The zero-order valence-electron chi connectivity index (χ0n) is 19.5. The van der Waals surface area contributed by atoms with Gasteiger partial charge < -0.3 is 14.8 Å². The van der Waals surface area contributed by atoms with Crippen LogP contribution in [0, 0.1) is 25.6 Å². The molecule has 1 unspecified atom stereocenters. The summed E-state index contributed by atoms with van der Waals surface area (Å²) in [5.74, 6) is -0.702. The first-order valence-electron chi connectivity index (χ1n) is 10.1. The van der Waals surface area contributed by atoms with Gasteiger partial charge in [-0.25, -0.2) is 8.99 Å². The van der Waals surface area contributed by atoms with Crippen LogP contribution < -0.4 is 14.8 Å². The Balaban J connectivity index is 2.12. The van der Waals surface area contributed by atoms with Crippen molar-refractivity contribution in [3.05, 3.63) is 64.3 Å². The molecule has 0 radical (unpaired) electrons. The van der Waals surface area contributed by atoms with E-state index in [1.54, 1.807) is 19.9 Å². The maximum Gasteiger partial charge on any atom is 0.435 e. The third-order valence-corrected chi connectivity index (χ3v) is 6.41. The molecule has 0 aliphatic heterocycles. The zero-order valence-corrected chi connectivity index (χ0v) is 20.4. The Hall–Kier alpha value is -3.67. The number of carbonyl (C=O) groups excluding carboxylic acids is 1. The average Bonchev–Trinajstić information content (AvgIpc) is 2.75. The number of carbonyl (C=O) groups is 1. The molecule has 0 aliphatic carbocycles. The largest absolute Gasteiger partial charge is 0.497 e. The van der Waals surface area contributed by atoms with Gasteiger partial charge in [-0.3, -0.25) is 4.79 Å². The number of ether oxygens (including phenoxy) is 2. The number of rotatable bonds is 6. The van der Waals surface area contributed by atoms with E-state index in [0.29, 0.717) is 11.3 Å². The summed E-state index contributed by atoms with van der Waals surface area (Å²) in [7, 11) is -1.63. The lowest BCUT2D eigenvalue weighted by atomic mass is 10.1. The summed E-state index contributed by atoms with van der Waals surface area (Å²) >= 11 is 0. The number of hydrogen-bond donors (Lipinski definition) is 2. The van der Waals surface area contributed by atoms with Gasteiger partial charge in [-0.05, 0) is 61.7 Å². The molecule has 186 valence electrons. The standard InChI is InChI=1S/C23H23F3N4O4S/c1-12-9-16(33-4)11-18(13(12)2)34-22-19(14(3)20(29-30-22)23(24,25)26)21(31)28-15-7-6-8-17(10-15)35(5,27)32/h6-11,27H,1-5H3,(H,28,31). The van der Waals surface area contributed by atoms with Crippen LogP contribution in [0.2, 0.25) is 0 Å². The molecular formula is C23H23F3N4O4S. The third kappa shape index (κ3) is 5.70. The van der Waals surface area contributed by atoms with Crippen LogP contribution >= 0.6 is 0 Å². The fourth-order valence-corrected chi connectivity index (χ4v) is 3.93. The maximum atomic E-state index is 13.5. The minimum Gasteiger partial charge on any atom is -0.497 e. The van der Waals surface area contributed by atoms with Gasteiger partial charge >= 0.3 is 6.18 Å². The van der Waals surface area contributed by atoms with E-state index in [-0.39, 0.29) is 16.3 Å². The first-order valence-corrected chi connectivity index (χ1v) is 12.1. The molecule has 2 N–H and O–H groups in total. The highest BCUT2D eigenvalue weighted by Crippen LogP contribution is 2.37. The molecule has 0 fully saturated rings. The summed E-state index contributed by atoms with van der Waals surface area (Å²) in [6.45, 7) is 4.64. The first-order chi connectivity index (χ1) is 16.2. The van der Waals surface area contributed by atoms with Gasteiger partial charge in [-0.15, -0.1) is 10.2 Å². The predicted molar refractivity (Wildman–Crippen MR) is 124 cm³/mol. The number of methoxy groups -OCH3 is 1. The number of nitrogens with one attached hydrogen (secondary N) is 2. The SMILES string of the molecule is COc1cc(C)c(C)c(Oc2nnc(C(F)(F)F)c(C)c2C(=O)Nc2cccc(S(C)(=N)=O)c2)c1. The van der Waals surface area contributed by atoms with Crippen LogP contribution in [0.4, 0.5) is 18.9 Å². The van der Waals surface area contributed by atoms with Crippen molar-refractivity contribution in [2.24, 2.45) is 0 Å². The van der Waals surface area contributed by atoms with E-state index in [1.165, 1.54) is 43.7 Å². The molecule has 1 heterocycles. The molecule has 8 nitrogen and oxygen atoms in total. The minimum absolute atomic E-state index is 0.137. The lowest BCUT2D eigenvalue weighted by Crippen LogP contribution is -2.21. The van der Waals surface area contributed by atoms with Gasteiger partial charge in [0, 0.05) is 22.9 Å². The number of hydrogen-bond acceptors (Lipinski definition) is 7. The Kier molecular flexibility index (Phi) is 7.06. The smallest absolute Gasteiger partial charge is 0.435 e. The Morgan fingerprint density at radius 3 is 2.37 bits per heavy atom. The summed E-state index contributed by atoms with van der Waals surface area (Å²) in [6, 6.07) is 8.98. The summed E-state index contributed by atoms with van der Waals surface area (Å²) in [5.41, 5.74) is -0.688. The maximum absolute atomic E-state index is 13.5. The van der Waals surface area contributed by atoms with Crippen molar-refractivity contribution in [3.8, 4) is 17.4 Å². The number of aromatic nitrogens is 2. The van der Waals surface area contributed by atoms with Gasteiger partial charge in [0.1, 0.15) is 17.1 Å². The normalized spacial score (nSPS) is 13.1. The number of amides is 1. The molecule has 1 atom stereocenters. The van der Waals surface area contributed by atoms with Crippen molar-refractivity contribution in [2.45, 2.75) is 31.8 Å². The molecule has 12 heteroatoms. The van der Waals surface area contributed by atoms with E-state index in [4.69, 9.17) is 14.3 Å². The number of alkyl halides is 3. The number of nitrogens with zero attached hydrogens (tertiary/aromatic N) is 2. The predicted octanol–water partition coefficient (Wildman–Crippen LogP) is 5.51. The van der Waals surface area contributed by atoms with Crippen LogP contribution in [0.25, 0.3) is 0 Å². The minimum atomic E-state index is -4.86. The molecular weight excluding hydrogens is 485 g/mol. The summed E-state index contributed by atoms with van der Waals surface area (Å²) < 4.78 is 71.4. The summed E-state index contributed by atoms with van der Waals surface area (Å²) in [5, 5.41) is 9.32. The van der Waals surface area contributed by atoms with Gasteiger partial charge in [0.25, 0.3) is 11.8 Å². The van der Waals surface area contributed by atoms with Gasteiger partial charge in [-0.1, -0.05) is 6.07 Å². The second-order valence-electron chi connectivity index (χ2n) is 7.85. The second-order valence-corrected chi connectivity index (χ2v) is 10.0. The molecule has 0 spiro atoms. The molecule has 2 aromatic carbocycles. The Morgan fingerprint density at radius 2 is 1.77 bits per heavy atom. The van der Waals surface area contributed by atoms with E-state index in [9.17, 15) is 22.2 Å². The molecule has 3 rings (SSSR count). The third-order valence-electron chi connectivity index (χ3n) is 5.26. The highest BCUT2D eigenvalue weighted by Gasteiger charge is 2.38. The lowest BCUT2D eigenvalue weighted by molar-refractivity contribution is -0.142. The van der Waals surface area contributed by atoms with Gasteiger partial charge in [0.2, 0.25) is 0 Å². The molecule has 0 aliphatic rings. The number of halogens is 3. The Morgan fingerprint density at radius 1 is 1.09 bits per heavy atom. The van der Waals surface area contributed by atoms with Crippen LogP contribution in [0.1, 0.15) is 32.7 Å². The molecule has 35 heavy (non-hydrogen) atoms. The average molecular weight is 509 g/mol. The van der Waals surface area contributed by atoms with E-state index < -0.39 is 44.5 Å². The highest BCUT2D eigenvalue weighted by molar-refractivity contribution is 7.91. The fourth-order valence-electron chi connectivity index (χ4n) is 3.24. The van der Waals surface area contributed by atoms with Crippen LogP contribution in [-0.4, -0.2) is 33.7 Å². The molecule has 1 aromatic heterocycles. The quantitative estimate of drug-likeness (QED) is 0.454. The number of benzene rings is 2. The number of anilines is 1. The van der Waals surface area contributed by atoms with Gasteiger partial charge in [0.15, 0.2) is 5.69 Å². The van der Waals surface area contributed by atoms with E-state index in [1.807, 2.05) is 0 Å². The number of aryl methyl sites for hydroxylation is 1. The monoisotopic (exact) mass is 508 g/mol. The topological polar surface area (TPSA) is 114 Å². The van der Waals surface area contributed by atoms with Gasteiger partial charge in [0.05, 0.1) is 16.8 Å². The van der Waals surface area contributed by atoms with E-state index in [2.05, 4.69) is 15.5 Å². The Labute approximate surface area is 200 Å². The Bertz CT molecular complexity index is 1410. The van der Waals surface area contributed by atoms with Gasteiger partial charge in [-0.2, -0.15) is 13.2 Å². The van der Waals surface area contributed by atoms with E-state index in [0.717, 1.165) is 12.5 Å². The van der Waals surface area contributed by atoms with Crippen LogP contribution in [0.3, 0.4) is 0 Å². The summed E-state index contributed by atoms with van der Waals surface area (Å²) in [6.07, 6.45) is -3.64. The van der Waals surface area contributed by atoms with Crippen molar-refractivity contribution in [3.63, 3.8) is 0 Å². The summed E-state index contributed by atoms with van der Waals surface area (Å²) in [4.78, 5) is 13.3. The molecule has 0 bridgehead atoms. The molecule has 1 amide bonds. The lowest BCUT2D eigenvalue weighted by Gasteiger charge is -2.17. The van der Waals surface area contributed by atoms with Crippen molar-refractivity contribution in [1.82, 2.24) is 10.2 Å². The molecule has 0 saturated heterocycles. The molecule has 3 aromatic rings. The van der Waals surface area contributed by atoms with Crippen molar-refractivity contribution in [2.75, 3.05) is 18.7 Å². The van der Waals surface area contributed by atoms with Crippen molar-refractivity contribution < 1.29 is 31.6 Å². The van der Waals surface area contributed by atoms with Crippen LogP contribution in [0.5, 0.6) is 17.4 Å². The zero-order chi connectivity index (χ0) is 26.1. The molecule has 0 saturated carbocycles. The second kappa shape index (κ2) is 9.53. The highest BCUT2D eigenvalue weighted by atomic mass is 32.2. The van der Waals surface area contributed by atoms with Crippen molar-refractivity contribution in [1.29, 1.82) is 4.78 Å². The van der Waals surface area contributed by atoms with Crippen LogP contribution in [0.15, 0.2) is 41.3 Å².